The lowest BCUT2D eigenvalue weighted by atomic mass is 9.87. The van der Waals surface area contributed by atoms with Crippen LogP contribution in [0.4, 0.5) is 5.00 Å². The molecule has 0 saturated carbocycles. The number of benzene rings is 1. The van der Waals surface area contributed by atoms with Crippen molar-refractivity contribution in [1.82, 2.24) is 0 Å². The van der Waals surface area contributed by atoms with Gasteiger partial charge in [-0.05, 0) is 73.4 Å². The smallest absolute Gasteiger partial charge is 0.341 e. The Kier molecular flexibility index (Phi) is 7.12. The van der Waals surface area contributed by atoms with Gasteiger partial charge in [-0.25, -0.2) is 4.79 Å². The fourth-order valence-electron chi connectivity index (χ4n) is 4.02. The first-order chi connectivity index (χ1) is 16.3. The molecule has 2 heterocycles. The molecular weight excluding hydrogens is 450 g/mol. The molecule has 0 radical (unpaired) electrons. The zero-order valence-electron chi connectivity index (χ0n) is 20.2. The first kappa shape index (κ1) is 24.1. The molecule has 0 spiro atoms. The Bertz CT molecular complexity index is 1170. The van der Waals surface area contributed by atoms with Crippen molar-refractivity contribution in [3.63, 3.8) is 0 Å². The summed E-state index contributed by atoms with van der Waals surface area (Å²) in [5, 5.41) is 3.41. The van der Waals surface area contributed by atoms with Crippen molar-refractivity contribution >= 4 is 28.2 Å². The number of carbonyl (C=O) groups excluding carboxylic acids is 2. The summed E-state index contributed by atoms with van der Waals surface area (Å²) in [6.45, 7) is 8.78. The maximum absolute atomic E-state index is 12.9. The SMILES string of the molecule is CCOC(=O)c1c(NC(=O)c2ccc(COc3ccc(C(C)(C)C)cc3)o2)sc2c1CCCC2. The van der Waals surface area contributed by atoms with Crippen molar-refractivity contribution in [1.29, 1.82) is 0 Å². The van der Waals surface area contributed by atoms with Gasteiger partial charge in [0, 0.05) is 4.88 Å². The highest BCUT2D eigenvalue weighted by Crippen LogP contribution is 2.39. The quantitative estimate of drug-likeness (QED) is 0.389. The molecule has 0 aliphatic heterocycles. The second-order valence-corrected chi connectivity index (χ2v) is 10.5. The van der Waals surface area contributed by atoms with Gasteiger partial charge >= 0.3 is 5.97 Å². The van der Waals surface area contributed by atoms with Crippen LogP contribution in [-0.2, 0) is 29.6 Å². The van der Waals surface area contributed by atoms with E-state index >= 15 is 0 Å². The van der Waals surface area contributed by atoms with Crippen LogP contribution in [-0.4, -0.2) is 18.5 Å². The molecule has 6 nitrogen and oxygen atoms in total. The standard InChI is InChI=1S/C27H31NO5S/c1-5-31-26(30)23-20-8-6-7-9-22(20)34-25(23)28-24(29)21-15-14-19(33-21)16-32-18-12-10-17(11-13-18)27(2,3)4/h10-15H,5-9,16H2,1-4H3,(H,28,29). The first-order valence-corrected chi connectivity index (χ1v) is 12.5. The predicted octanol–water partition coefficient (Wildman–Crippen LogP) is 6.53. The summed E-state index contributed by atoms with van der Waals surface area (Å²) < 4.78 is 16.8. The number of hydrogen-bond donors (Lipinski definition) is 1. The van der Waals surface area contributed by atoms with Gasteiger partial charge in [0.2, 0.25) is 0 Å². The van der Waals surface area contributed by atoms with Crippen LogP contribution in [0.5, 0.6) is 5.75 Å². The van der Waals surface area contributed by atoms with Crippen LogP contribution in [0.2, 0.25) is 0 Å². The van der Waals surface area contributed by atoms with Gasteiger partial charge in [0.15, 0.2) is 5.76 Å². The van der Waals surface area contributed by atoms with E-state index in [1.165, 1.54) is 16.9 Å². The van der Waals surface area contributed by atoms with Gasteiger partial charge in [-0.1, -0.05) is 32.9 Å². The molecule has 1 N–H and O–H groups in total. The van der Waals surface area contributed by atoms with Crippen molar-refractivity contribution in [3.8, 4) is 5.75 Å². The maximum atomic E-state index is 12.9. The van der Waals surface area contributed by atoms with Crippen LogP contribution in [0.25, 0.3) is 0 Å². The number of ether oxygens (including phenoxy) is 2. The number of esters is 1. The number of hydrogen-bond acceptors (Lipinski definition) is 6. The Morgan fingerprint density at radius 1 is 1.06 bits per heavy atom. The lowest BCUT2D eigenvalue weighted by Crippen LogP contribution is -2.15. The molecule has 1 amide bonds. The molecule has 180 valence electrons. The molecule has 34 heavy (non-hydrogen) atoms. The van der Waals surface area contributed by atoms with E-state index in [0.29, 0.717) is 16.3 Å². The van der Waals surface area contributed by atoms with E-state index in [1.54, 1.807) is 19.1 Å². The molecule has 0 fully saturated rings. The third-order valence-corrected chi connectivity index (χ3v) is 7.07. The Labute approximate surface area is 204 Å². The minimum Gasteiger partial charge on any atom is -0.486 e. The van der Waals surface area contributed by atoms with Crippen molar-refractivity contribution in [2.75, 3.05) is 11.9 Å². The molecule has 3 aromatic rings. The maximum Gasteiger partial charge on any atom is 0.341 e. The van der Waals surface area contributed by atoms with Crippen LogP contribution in [0.3, 0.4) is 0 Å². The molecule has 2 aromatic heterocycles. The van der Waals surface area contributed by atoms with E-state index in [0.717, 1.165) is 41.9 Å². The van der Waals surface area contributed by atoms with Crippen LogP contribution in [0.1, 0.15) is 83.2 Å². The average molecular weight is 482 g/mol. The van der Waals surface area contributed by atoms with Gasteiger partial charge in [0.1, 0.15) is 23.1 Å². The normalized spacial score (nSPS) is 13.3. The number of amides is 1. The molecule has 4 rings (SSSR count). The summed E-state index contributed by atoms with van der Waals surface area (Å²) in [5.74, 6) is 0.663. The van der Waals surface area contributed by atoms with Crippen LogP contribution in [0.15, 0.2) is 40.8 Å². The van der Waals surface area contributed by atoms with Crippen molar-refractivity contribution in [3.05, 3.63) is 69.5 Å². The second-order valence-electron chi connectivity index (χ2n) is 9.42. The number of nitrogens with one attached hydrogen (secondary N) is 1. The zero-order chi connectivity index (χ0) is 24.3. The molecule has 1 aliphatic rings. The summed E-state index contributed by atoms with van der Waals surface area (Å²) >= 11 is 1.46. The Balaban J connectivity index is 1.43. The summed E-state index contributed by atoms with van der Waals surface area (Å²) in [6, 6.07) is 11.3. The lowest BCUT2D eigenvalue weighted by molar-refractivity contribution is 0.0526. The second kappa shape index (κ2) is 10.1. The molecule has 0 saturated heterocycles. The minimum atomic E-state index is -0.398. The molecule has 0 atom stereocenters. The van der Waals surface area contributed by atoms with Gasteiger partial charge in [-0.15, -0.1) is 11.3 Å². The largest absolute Gasteiger partial charge is 0.486 e. The van der Waals surface area contributed by atoms with Crippen molar-refractivity contribution < 1.29 is 23.5 Å². The summed E-state index contributed by atoms with van der Waals surface area (Å²) in [7, 11) is 0. The van der Waals surface area contributed by atoms with E-state index in [4.69, 9.17) is 13.9 Å². The monoisotopic (exact) mass is 481 g/mol. The summed E-state index contributed by atoms with van der Waals surface area (Å²) in [4.78, 5) is 26.6. The van der Waals surface area contributed by atoms with Crippen molar-refractivity contribution in [2.24, 2.45) is 0 Å². The average Bonchev–Trinajstić information content (AvgIpc) is 3.42. The van der Waals surface area contributed by atoms with Gasteiger partial charge in [-0.2, -0.15) is 0 Å². The van der Waals surface area contributed by atoms with Gasteiger partial charge in [0.25, 0.3) is 5.91 Å². The highest BCUT2D eigenvalue weighted by atomic mass is 32.1. The molecular formula is C27H31NO5S. The third kappa shape index (κ3) is 5.36. The number of aryl methyl sites for hydroxylation is 1. The zero-order valence-corrected chi connectivity index (χ0v) is 21.0. The molecule has 0 unspecified atom stereocenters. The molecule has 1 aliphatic carbocycles. The summed E-state index contributed by atoms with van der Waals surface area (Å²) in [5.41, 5.74) is 2.81. The van der Waals surface area contributed by atoms with E-state index in [2.05, 4.69) is 38.2 Å². The highest BCUT2D eigenvalue weighted by molar-refractivity contribution is 7.17. The lowest BCUT2D eigenvalue weighted by Gasteiger charge is -2.19. The molecule has 1 aromatic carbocycles. The third-order valence-electron chi connectivity index (χ3n) is 5.86. The van der Waals surface area contributed by atoms with Crippen LogP contribution >= 0.6 is 11.3 Å². The number of furan rings is 1. The number of fused-ring (bicyclic) bond motifs is 1. The van der Waals surface area contributed by atoms with E-state index in [-0.39, 0.29) is 30.4 Å². The highest BCUT2D eigenvalue weighted by Gasteiger charge is 2.28. The topological polar surface area (TPSA) is 77.8 Å². The number of anilines is 1. The van der Waals surface area contributed by atoms with Crippen LogP contribution in [0, 0.1) is 0 Å². The Morgan fingerprint density at radius 3 is 2.50 bits per heavy atom. The van der Waals surface area contributed by atoms with Gasteiger partial charge in [0.05, 0.1) is 12.2 Å². The summed E-state index contributed by atoms with van der Waals surface area (Å²) in [6.07, 6.45) is 3.86. The number of thiophene rings is 1. The van der Waals surface area contributed by atoms with E-state index < -0.39 is 5.91 Å². The molecule has 0 bridgehead atoms. The fraction of sp³-hybridized carbons (Fsp3) is 0.407. The van der Waals surface area contributed by atoms with E-state index in [1.807, 2.05) is 12.1 Å². The number of carbonyl (C=O) groups is 2. The first-order valence-electron chi connectivity index (χ1n) is 11.7. The van der Waals surface area contributed by atoms with Crippen molar-refractivity contribution in [2.45, 2.75) is 65.4 Å². The van der Waals surface area contributed by atoms with E-state index in [9.17, 15) is 9.59 Å². The predicted molar refractivity (Wildman–Crippen MR) is 133 cm³/mol. The minimum absolute atomic E-state index is 0.0801. The van der Waals surface area contributed by atoms with Gasteiger partial charge < -0.3 is 19.2 Å². The Morgan fingerprint density at radius 2 is 1.79 bits per heavy atom. The van der Waals surface area contributed by atoms with Gasteiger partial charge in [-0.3, -0.25) is 4.79 Å². The fourth-order valence-corrected chi connectivity index (χ4v) is 5.29. The van der Waals surface area contributed by atoms with Crippen LogP contribution < -0.4 is 10.1 Å². The Hall–Kier alpha value is -3.06. The molecule has 7 heteroatoms. The number of rotatable bonds is 7.